The number of aliphatic hydroxyl groups is 1. The van der Waals surface area contributed by atoms with Gasteiger partial charge in [0.05, 0.1) is 24.1 Å². The normalized spacial score (nSPS) is 11.1. The minimum absolute atomic E-state index is 0.0220. The van der Waals surface area contributed by atoms with E-state index in [-0.39, 0.29) is 12.0 Å². The number of nitrogens with one attached hydrogen (secondary N) is 1. The van der Waals surface area contributed by atoms with Gasteiger partial charge in [0.2, 0.25) is 0 Å². The average Bonchev–Trinajstić information content (AvgIpc) is 3.02. The lowest BCUT2D eigenvalue weighted by molar-refractivity contribution is 0.286. The lowest BCUT2D eigenvalue weighted by atomic mass is 10.0. The third-order valence-corrected chi connectivity index (χ3v) is 4.50. The zero-order valence-electron chi connectivity index (χ0n) is 12.6. The summed E-state index contributed by atoms with van der Waals surface area (Å²) in [5.74, 6) is -0.132. The molecule has 120 valence electrons. The largest absolute Gasteiger partial charge is 0.491 e. The van der Waals surface area contributed by atoms with Gasteiger partial charge >= 0.3 is 0 Å². The van der Waals surface area contributed by atoms with E-state index in [2.05, 4.69) is 4.98 Å². The highest BCUT2D eigenvalue weighted by atomic mass is 32.1. The van der Waals surface area contributed by atoms with Crippen LogP contribution in [0.1, 0.15) is 18.2 Å². The van der Waals surface area contributed by atoms with E-state index in [9.17, 15) is 14.3 Å². The monoisotopic (exact) mass is 333 g/mol. The van der Waals surface area contributed by atoms with Crippen LogP contribution in [0, 0.1) is 5.82 Å². The Hall–Kier alpha value is -2.18. The molecule has 0 unspecified atom stereocenters. The number of fused-ring (bicyclic) bond motifs is 1. The number of rotatable bonds is 5. The Labute approximate surface area is 136 Å². The molecule has 1 aromatic carbocycles. The van der Waals surface area contributed by atoms with Crippen molar-refractivity contribution in [3.05, 3.63) is 50.7 Å². The van der Waals surface area contributed by atoms with Crippen LogP contribution < -0.4 is 10.2 Å². The van der Waals surface area contributed by atoms with Gasteiger partial charge in [-0.3, -0.25) is 4.79 Å². The van der Waals surface area contributed by atoms with E-state index in [1.54, 1.807) is 17.6 Å². The molecule has 0 saturated carbocycles. The number of aliphatic hydroxyl groups excluding tert-OH is 1. The summed E-state index contributed by atoms with van der Waals surface area (Å²) in [4.78, 5) is 16.4. The van der Waals surface area contributed by atoms with Gasteiger partial charge in [0.25, 0.3) is 0 Å². The fourth-order valence-electron chi connectivity index (χ4n) is 2.50. The van der Waals surface area contributed by atoms with Gasteiger partial charge in [-0.25, -0.2) is 4.39 Å². The fraction of sp³-hybridized carbons (Fsp3) is 0.235. The molecule has 0 atom stereocenters. The molecular weight excluding hydrogens is 317 g/mol. The third-order valence-electron chi connectivity index (χ3n) is 3.59. The fourth-order valence-corrected chi connectivity index (χ4v) is 3.25. The molecular formula is C17H16FNO3S. The summed E-state index contributed by atoms with van der Waals surface area (Å²) in [7, 11) is 0. The molecule has 0 aliphatic heterocycles. The summed E-state index contributed by atoms with van der Waals surface area (Å²) >= 11 is 1.36. The smallest absolute Gasteiger partial charge is 0.200 e. The molecule has 2 N–H and O–H groups in total. The van der Waals surface area contributed by atoms with Crippen LogP contribution in [-0.4, -0.2) is 16.7 Å². The first kappa shape index (κ1) is 15.7. The maximum Gasteiger partial charge on any atom is 0.200 e. The number of pyridine rings is 1. The number of aromatic nitrogens is 1. The van der Waals surface area contributed by atoms with E-state index in [4.69, 9.17) is 4.74 Å². The number of hydrogen-bond acceptors (Lipinski definition) is 4. The highest BCUT2D eigenvalue weighted by molar-refractivity contribution is 7.10. The SMILES string of the molecule is CCCOc1ccc(F)c2c(=O)c(-c3ccsc3CO)c[nH]c12. The van der Waals surface area contributed by atoms with Gasteiger partial charge < -0.3 is 14.8 Å². The lowest BCUT2D eigenvalue weighted by Crippen LogP contribution is -2.10. The molecule has 0 bridgehead atoms. The Balaban J connectivity index is 2.23. The highest BCUT2D eigenvalue weighted by Crippen LogP contribution is 2.29. The molecule has 0 spiro atoms. The molecule has 0 aliphatic rings. The number of hydrogen-bond donors (Lipinski definition) is 2. The van der Waals surface area contributed by atoms with E-state index in [0.29, 0.717) is 33.9 Å². The number of ether oxygens (including phenoxy) is 1. The van der Waals surface area contributed by atoms with Gasteiger partial charge in [0, 0.05) is 22.2 Å². The Morgan fingerprint density at radius 3 is 2.87 bits per heavy atom. The van der Waals surface area contributed by atoms with Crippen LogP contribution in [0.4, 0.5) is 4.39 Å². The predicted octanol–water partition coefficient (Wildman–Crippen LogP) is 3.68. The molecule has 0 aliphatic carbocycles. The van der Waals surface area contributed by atoms with E-state index < -0.39 is 11.2 Å². The van der Waals surface area contributed by atoms with Crippen LogP contribution >= 0.6 is 11.3 Å². The summed E-state index contributed by atoms with van der Waals surface area (Å²) in [6.07, 6.45) is 2.36. The quantitative estimate of drug-likeness (QED) is 0.749. The van der Waals surface area contributed by atoms with E-state index in [0.717, 1.165) is 6.42 Å². The van der Waals surface area contributed by atoms with E-state index in [1.807, 2.05) is 6.92 Å². The maximum atomic E-state index is 14.2. The summed E-state index contributed by atoms with van der Waals surface area (Å²) in [6, 6.07) is 4.52. The van der Waals surface area contributed by atoms with Crippen molar-refractivity contribution < 1.29 is 14.2 Å². The van der Waals surface area contributed by atoms with Crippen molar-refractivity contribution in [3.63, 3.8) is 0 Å². The first-order chi connectivity index (χ1) is 11.2. The number of thiophene rings is 1. The van der Waals surface area contributed by atoms with Crippen LogP contribution in [0.15, 0.2) is 34.6 Å². The number of aromatic amines is 1. The minimum atomic E-state index is -0.590. The second-order valence-electron chi connectivity index (χ2n) is 5.09. The van der Waals surface area contributed by atoms with Crippen LogP contribution in [0.25, 0.3) is 22.0 Å². The molecule has 0 amide bonds. The van der Waals surface area contributed by atoms with Gasteiger partial charge in [-0.15, -0.1) is 11.3 Å². The summed E-state index contributed by atoms with van der Waals surface area (Å²) in [6.45, 7) is 2.30. The highest BCUT2D eigenvalue weighted by Gasteiger charge is 2.17. The topological polar surface area (TPSA) is 62.3 Å². The molecule has 0 fully saturated rings. The lowest BCUT2D eigenvalue weighted by Gasteiger charge is -2.10. The van der Waals surface area contributed by atoms with Gasteiger partial charge in [-0.05, 0) is 30.0 Å². The first-order valence-corrected chi connectivity index (χ1v) is 8.19. The van der Waals surface area contributed by atoms with Crippen molar-refractivity contribution in [2.24, 2.45) is 0 Å². The predicted molar refractivity (Wildman–Crippen MR) is 89.5 cm³/mol. The Morgan fingerprint density at radius 2 is 2.13 bits per heavy atom. The Kier molecular flexibility index (Phi) is 4.45. The molecule has 0 radical (unpaired) electrons. The Bertz CT molecular complexity index is 900. The van der Waals surface area contributed by atoms with Crippen LogP contribution in [-0.2, 0) is 6.61 Å². The first-order valence-electron chi connectivity index (χ1n) is 7.31. The standard InChI is InChI=1S/C17H16FNO3S/c1-2-6-22-13-4-3-12(18)15-16(13)19-8-11(17(15)21)10-5-7-23-14(10)9-20/h3-5,7-8,20H,2,6,9H2,1H3,(H,19,21). The average molecular weight is 333 g/mol. The van der Waals surface area contributed by atoms with Gasteiger partial charge in [-0.2, -0.15) is 0 Å². The maximum absolute atomic E-state index is 14.2. The molecule has 4 nitrogen and oxygen atoms in total. The van der Waals surface area contributed by atoms with Crippen LogP contribution in [0.2, 0.25) is 0 Å². The van der Waals surface area contributed by atoms with Crippen molar-refractivity contribution in [1.29, 1.82) is 0 Å². The molecule has 6 heteroatoms. The Morgan fingerprint density at radius 1 is 1.30 bits per heavy atom. The summed E-state index contributed by atoms with van der Waals surface area (Å²) < 4.78 is 19.8. The second kappa shape index (κ2) is 6.52. The molecule has 23 heavy (non-hydrogen) atoms. The van der Waals surface area contributed by atoms with E-state index >= 15 is 0 Å². The third kappa shape index (κ3) is 2.75. The van der Waals surface area contributed by atoms with Gasteiger partial charge in [0.15, 0.2) is 5.43 Å². The van der Waals surface area contributed by atoms with Crippen molar-refractivity contribution in [3.8, 4) is 16.9 Å². The van der Waals surface area contributed by atoms with Crippen LogP contribution in [0.5, 0.6) is 5.75 Å². The summed E-state index contributed by atoms with van der Waals surface area (Å²) in [5, 5.41) is 11.1. The van der Waals surface area contributed by atoms with Gasteiger partial charge in [0.1, 0.15) is 11.6 Å². The minimum Gasteiger partial charge on any atom is -0.491 e. The van der Waals surface area contributed by atoms with Gasteiger partial charge in [-0.1, -0.05) is 6.92 Å². The molecule has 2 aromatic heterocycles. The molecule has 0 saturated heterocycles. The van der Waals surface area contributed by atoms with Crippen molar-refractivity contribution >= 4 is 22.2 Å². The number of benzene rings is 1. The summed E-state index contributed by atoms with van der Waals surface area (Å²) in [5.41, 5.74) is 0.911. The number of halogens is 1. The van der Waals surface area contributed by atoms with Crippen molar-refractivity contribution in [2.45, 2.75) is 20.0 Å². The molecule has 2 heterocycles. The van der Waals surface area contributed by atoms with Crippen molar-refractivity contribution in [1.82, 2.24) is 4.98 Å². The molecule has 3 aromatic rings. The second-order valence-corrected chi connectivity index (χ2v) is 6.09. The van der Waals surface area contributed by atoms with Crippen molar-refractivity contribution in [2.75, 3.05) is 6.61 Å². The zero-order valence-corrected chi connectivity index (χ0v) is 13.4. The van der Waals surface area contributed by atoms with Crippen LogP contribution in [0.3, 0.4) is 0 Å². The zero-order chi connectivity index (χ0) is 16.4. The number of H-pyrrole nitrogens is 1. The van der Waals surface area contributed by atoms with E-state index in [1.165, 1.54) is 23.5 Å². The molecule has 3 rings (SSSR count).